The van der Waals surface area contributed by atoms with Crippen molar-refractivity contribution < 1.29 is 4.79 Å². The molecule has 1 amide bonds. The van der Waals surface area contributed by atoms with Crippen molar-refractivity contribution in [3.63, 3.8) is 0 Å². The molecule has 0 aliphatic heterocycles. The summed E-state index contributed by atoms with van der Waals surface area (Å²) in [6.45, 7) is 4.27. The summed E-state index contributed by atoms with van der Waals surface area (Å²) >= 11 is 0. The minimum absolute atomic E-state index is 0.141. The van der Waals surface area contributed by atoms with Crippen molar-refractivity contribution in [3.05, 3.63) is 47.2 Å². The largest absolute Gasteiger partial charge is 0.341 e. The van der Waals surface area contributed by atoms with Gasteiger partial charge in [0.05, 0.1) is 6.04 Å². The molecule has 0 unspecified atom stereocenters. The van der Waals surface area contributed by atoms with Crippen LogP contribution < -0.4 is 5.32 Å². The molecule has 0 aromatic carbocycles. The third kappa shape index (κ3) is 2.90. The van der Waals surface area contributed by atoms with Crippen molar-refractivity contribution in [2.45, 2.75) is 45.6 Å². The first-order chi connectivity index (χ1) is 12.1. The Morgan fingerprint density at radius 3 is 3.04 bits per heavy atom. The molecule has 3 aromatic heterocycles. The second kappa shape index (κ2) is 6.31. The van der Waals surface area contributed by atoms with Crippen LogP contribution in [0.1, 0.15) is 60.3 Å². The Kier molecular flexibility index (Phi) is 3.99. The van der Waals surface area contributed by atoms with E-state index in [2.05, 4.69) is 39.6 Å². The van der Waals surface area contributed by atoms with Crippen LogP contribution in [0.25, 0.3) is 5.65 Å². The first-order valence-corrected chi connectivity index (χ1v) is 8.80. The van der Waals surface area contributed by atoms with E-state index in [4.69, 9.17) is 0 Å². The van der Waals surface area contributed by atoms with Crippen molar-refractivity contribution in [2.75, 3.05) is 0 Å². The van der Waals surface area contributed by atoms with Gasteiger partial charge in [0.15, 0.2) is 17.2 Å². The average molecular weight is 338 g/mol. The Bertz CT molecular complexity index is 909. The Hall–Kier alpha value is -2.70. The van der Waals surface area contributed by atoms with Crippen LogP contribution >= 0.6 is 0 Å². The quantitative estimate of drug-likeness (QED) is 0.748. The monoisotopic (exact) mass is 338 g/mol. The van der Waals surface area contributed by atoms with Crippen LogP contribution in [0.4, 0.5) is 0 Å². The highest BCUT2D eigenvalue weighted by atomic mass is 16.2. The number of hydrogen-bond acceptors (Lipinski definition) is 4. The highest BCUT2D eigenvalue weighted by molar-refractivity contribution is 5.94. The zero-order valence-electron chi connectivity index (χ0n) is 14.5. The van der Waals surface area contributed by atoms with Crippen molar-refractivity contribution in [2.24, 2.45) is 5.92 Å². The number of amides is 1. The predicted octanol–water partition coefficient (Wildman–Crippen LogP) is 2.46. The van der Waals surface area contributed by atoms with Gasteiger partial charge < -0.3 is 5.32 Å². The molecule has 0 fully saturated rings. The van der Waals surface area contributed by atoms with E-state index in [1.807, 2.05) is 28.8 Å². The van der Waals surface area contributed by atoms with Gasteiger partial charge in [0.1, 0.15) is 0 Å². The van der Waals surface area contributed by atoms with Gasteiger partial charge in [0, 0.05) is 17.5 Å². The molecule has 0 saturated heterocycles. The summed E-state index contributed by atoms with van der Waals surface area (Å²) in [5, 5.41) is 18.9. The molecule has 0 saturated carbocycles. The SMILES string of the molecule is CC(C)C[C@H](NC(=O)c1n[nH]c2c1CCC2)c1nnc2ccccn12. The molecule has 1 aliphatic rings. The summed E-state index contributed by atoms with van der Waals surface area (Å²) < 4.78 is 1.93. The first-order valence-electron chi connectivity index (χ1n) is 8.80. The lowest BCUT2D eigenvalue weighted by Crippen LogP contribution is -2.31. The molecular formula is C18H22N6O. The van der Waals surface area contributed by atoms with E-state index in [-0.39, 0.29) is 11.9 Å². The minimum Gasteiger partial charge on any atom is -0.341 e. The zero-order chi connectivity index (χ0) is 17.4. The highest BCUT2D eigenvalue weighted by Gasteiger charge is 2.27. The summed E-state index contributed by atoms with van der Waals surface area (Å²) in [5.74, 6) is 1.02. The molecule has 0 bridgehead atoms. The summed E-state index contributed by atoms with van der Waals surface area (Å²) in [4.78, 5) is 12.8. The van der Waals surface area contributed by atoms with E-state index in [0.29, 0.717) is 11.6 Å². The fraction of sp³-hybridized carbons (Fsp3) is 0.444. The summed E-state index contributed by atoms with van der Waals surface area (Å²) in [5.41, 5.74) is 3.46. The molecular weight excluding hydrogens is 316 g/mol. The van der Waals surface area contributed by atoms with Crippen LogP contribution in [-0.2, 0) is 12.8 Å². The molecule has 3 heterocycles. The van der Waals surface area contributed by atoms with Gasteiger partial charge >= 0.3 is 0 Å². The van der Waals surface area contributed by atoms with E-state index in [1.165, 1.54) is 0 Å². The number of fused-ring (bicyclic) bond motifs is 2. The lowest BCUT2D eigenvalue weighted by Gasteiger charge is -2.19. The third-order valence-electron chi connectivity index (χ3n) is 4.69. The number of aryl methyl sites for hydroxylation is 1. The van der Waals surface area contributed by atoms with E-state index in [9.17, 15) is 4.79 Å². The Morgan fingerprint density at radius 2 is 2.20 bits per heavy atom. The van der Waals surface area contributed by atoms with Gasteiger partial charge in [0.25, 0.3) is 5.91 Å². The number of pyridine rings is 1. The summed E-state index contributed by atoms with van der Waals surface area (Å²) in [6.07, 6.45) is 5.68. The van der Waals surface area contributed by atoms with Crippen molar-refractivity contribution in [3.8, 4) is 0 Å². The van der Waals surface area contributed by atoms with Crippen LogP contribution in [0.2, 0.25) is 0 Å². The molecule has 4 rings (SSSR count). The topological polar surface area (TPSA) is 88.0 Å². The molecule has 2 N–H and O–H groups in total. The first kappa shape index (κ1) is 15.8. The van der Waals surface area contributed by atoms with Crippen LogP contribution in [0.15, 0.2) is 24.4 Å². The lowest BCUT2D eigenvalue weighted by molar-refractivity contribution is 0.0923. The molecule has 0 radical (unpaired) electrons. The Labute approximate surface area is 145 Å². The van der Waals surface area contributed by atoms with Crippen molar-refractivity contribution in [1.82, 2.24) is 30.1 Å². The normalized spacial score (nSPS) is 14.8. The number of nitrogens with zero attached hydrogens (tertiary/aromatic N) is 4. The number of rotatable bonds is 5. The van der Waals surface area contributed by atoms with Crippen LogP contribution in [0.5, 0.6) is 0 Å². The summed E-state index contributed by atoms with van der Waals surface area (Å²) in [7, 11) is 0. The van der Waals surface area contributed by atoms with Crippen molar-refractivity contribution >= 4 is 11.6 Å². The lowest BCUT2D eigenvalue weighted by atomic mass is 10.0. The maximum atomic E-state index is 12.8. The molecule has 25 heavy (non-hydrogen) atoms. The van der Waals surface area contributed by atoms with Gasteiger partial charge in [-0.05, 0) is 43.7 Å². The second-order valence-corrected chi connectivity index (χ2v) is 7.03. The molecule has 7 heteroatoms. The standard InChI is InChI=1S/C18H22N6O/c1-11(2)10-14(17-23-21-15-8-3-4-9-24(15)17)19-18(25)16-12-6-5-7-13(12)20-22-16/h3-4,8-9,11,14H,5-7,10H2,1-2H3,(H,19,25)(H,20,22)/t14-/m0/s1. The second-order valence-electron chi connectivity index (χ2n) is 7.03. The number of carbonyl (C=O) groups excluding carboxylic acids is 1. The van der Waals surface area contributed by atoms with Gasteiger partial charge in [-0.1, -0.05) is 19.9 Å². The van der Waals surface area contributed by atoms with Gasteiger partial charge in [-0.3, -0.25) is 14.3 Å². The van der Waals surface area contributed by atoms with E-state index in [1.54, 1.807) is 0 Å². The van der Waals surface area contributed by atoms with Gasteiger partial charge in [0.2, 0.25) is 0 Å². The molecule has 7 nitrogen and oxygen atoms in total. The Balaban J connectivity index is 1.64. The van der Waals surface area contributed by atoms with Gasteiger partial charge in [-0.15, -0.1) is 10.2 Å². The maximum absolute atomic E-state index is 12.8. The van der Waals surface area contributed by atoms with E-state index < -0.39 is 0 Å². The van der Waals surface area contributed by atoms with E-state index >= 15 is 0 Å². The number of nitrogens with one attached hydrogen (secondary N) is 2. The highest BCUT2D eigenvalue weighted by Crippen LogP contribution is 2.25. The maximum Gasteiger partial charge on any atom is 0.272 e. The average Bonchev–Trinajstić information content (AvgIpc) is 3.28. The number of aromatic nitrogens is 5. The van der Waals surface area contributed by atoms with E-state index in [0.717, 1.165) is 48.4 Å². The number of hydrogen-bond donors (Lipinski definition) is 2. The number of H-pyrrole nitrogens is 1. The fourth-order valence-corrected chi connectivity index (χ4v) is 3.53. The molecule has 3 aromatic rings. The molecule has 1 atom stereocenters. The van der Waals surface area contributed by atoms with Gasteiger partial charge in [-0.2, -0.15) is 5.10 Å². The third-order valence-corrected chi connectivity index (χ3v) is 4.69. The number of aromatic amines is 1. The smallest absolute Gasteiger partial charge is 0.272 e. The van der Waals surface area contributed by atoms with Gasteiger partial charge in [-0.25, -0.2) is 0 Å². The predicted molar refractivity (Wildman–Crippen MR) is 93.3 cm³/mol. The molecule has 130 valence electrons. The number of carbonyl (C=O) groups is 1. The minimum atomic E-state index is -0.210. The molecule has 0 spiro atoms. The van der Waals surface area contributed by atoms with Crippen LogP contribution in [-0.4, -0.2) is 30.7 Å². The van der Waals surface area contributed by atoms with Crippen LogP contribution in [0, 0.1) is 5.92 Å². The van der Waals surface area contributed by atoms with Crippen molar-refractivity contribution in [1.29, 1.82) is 0 Å². The summed E-state index contributed by atoms with van der Waals surface area (Å²) in [6, 6.07) is 5.57. The van der Waals surface area contributed by atoms with Crippen LogP contribution in [0.3, 0.4) is 0 Å². The zero-order valence-corrected chi connectivity index (χ0v) is 14.5. The molecule has 1 aliphatic carbocycles. The Morgan fingerprint density at radius 1 is 1.32 bits per heavy atom. The fourth-order valence-electron chi connectivity index (χ4n) is 3.53.